The van der Waals surface area contributed by atoms with E-state index in [9.17, 15) is 8.78 Å². The van der Waals surface area contributed by atoms with Crippen LogP contribution in [0.4, 0.5) is 8.78 Å². The number of nitrogens with zero attached hydrogens (tertiary/aromatic N) is 1. The highest BCUT2D eigenvalue weighted by Crippen LogP contribution is 2.28. The molecule has 0 aromatic heterocycles. The van der Waals surface area contributed by atoms with Crippen LogP contribution in [0.3, 0.4) is 0 Å². The number of rotatable bonds is 2. The molecular weight excluding hydrogens is 234 g/mol. The Morgan fingerprint density at radius 3 is 2.89 bits per heavy atom. The van der Waals surface area contributed by atoms with Crippen LogP contribution in [-0.4, -0.2) is 18.3 Å². The molecule has 0 bridgehead atoms. The molecule has 2 heterocycles. The zero-order valence-corrected chi connectivity index (χ0v) is 9.92. The molecule has 1 N–H and O–H groups in total. The fourth-order valence-electron chi connectivity index (χ4n) is 2.54. The predicted octanol–water partition coefficient (Wildman–Crippen LogP) is 2.90. The molecule has 0 radical (unpaired) electrons. The lowest BCUT2D eigenvalue weighted by atomic mass is 9.99. The first-order chi connectivity index (χ1) is 8.74. The molecule has 1 aromatic rings. The number of halogens is 2. The molecule has 0 spiro atoms. The normalized spacial score (nSPS) is 23.1. The van der Waals surface area contributed by atoms with Gasteiger partial charge >= 0.3 is 0 Å². The highest BCUT2D eigenvalue weighted by molar-refractivity contribution is 6.01. The van der Waals surface area contributed by atoms with Gasteiger partial charge in [-0.05, 0) is 37.1 Å². The first-order valence-corrected chi connectivity index (χ1v) is 6.18. The van der Waals surface area contributed by atoms with Crippen molar-refractivity contribution >= 4 is 11.3 Å². The summed E-state index contributed by atoms with van der Waals surface area (Å²) in [7, 11) is 0. The molecular formula is C14H14F2N2. The van der Waals surface area contributed by atoms with E-state index < -0.39 is 11.6 Å². The number of nitrogens with one attached hydrogen (secondary N) is 1. The van der Waals surface area contributed by atoms with Crippen LogP contribution in [0, 0.1) is 11.6 Å². The topological polar surface area (TPSA) is 24.4 Å². The Morgan fingerprint density at radius 2 is 2.17 bits per heavy atom. The Morgan fingerprint density at radius 1 is 1.28 bits per heavy atom. The molecule has 2 aliphatic rings. The summed E-state index contributed by atoms with van der Waals surface area (Å²) in [5.74, 6) is -1.06. The maximum atomic E-state index is 13.7. The Labute approximate surface area is 104 Å². The zero-order valence-electron chi connectivity index (χ0n) is 9.92. The second-order valence-corrected chi connectivity index (χ2v) is 4.72. The van der Waals surface area contributed by atoms with Crippen molar-refractivity contribution in [3.8, 4) is 0 Å². The van der Waals surface area contributed by atoms with Crippen molar-refractivity contribution in [2.75, 3.05) is 6.54 Å². The van der Waals surface area contributed by atoms with Gasteiger partial charge in [-0.15, -0.1) is 0 Å². The Hall–Kier alpha value is -1.55. The third-order valence-corrected chi connectivity index (χ3v) is 3.50. The van der Waals surface area contributed by atoms with Gasteiger partial charge in [0.1, 0.15) is 11.6 Å². The van der Waals surface area contributed by atoms with E-state index in [0.29, 0.717) is 18.0 Å². The van der Waals surface area contributed by atoms with Crippen molar-refractivity contribution in [2.45, 2.75) is 25.3 Å². The number of aliphatic imine (C=N–C) groups is 1. The fourth-order valence-corrected chi connectivity index (χ4v) is 2.54. The van der Waals surface area contributed by atoms with Gasteiger partial charge in [0.15, 0.2) is 0 Å². The van der Waals surface area contributed by atoms with Gasteiger partial charge in [0.05, 0.1) is 0 Å². The molecule has 4 heteroatoms. The van der Waals surface area contributed by atoms with E-state index in [1.54, 1.807) is 6.20 Å². The predicted molar refractivity (Wildman–Crippen MR) is 67.4 cm³/mol. The minimum absolute atomic E-state index is 0.322. The monoisotopic (exact) mass is 248 g/mol. The summed E-state index contributed by atoms with van der Waals surface area (Å²) >= 11 is 0. The number of benzene rings is 1. The fraction of sp³-hybridized carbons (Fsp3) is 0.357. The molecule has 0 saturated carbocycles. The van der Waals surface area contributed by atoms with Crippen molar-refractivity contribution in [1.29, 1.82) is 0 Å². The molecule has 18 heavy (non-hydrogen) atoms. The summed E-state index contributed by atoms with van der Waals surface area (Å²) in [6.07, 6.45) is 4.60. The van der Waals surface area contributed by atoms with Gasteiger partial charge < -0.3 is 5.32 Å². The van der Waals surface area contributed by atoms with Crippen LogP contribution in [0.15, 0.2) is 29.4 Å². The van der Waals surface area contributed by atoms with Gasteiger partial charge in [-0.1, -0.05) is 0 Å². The largest absolute Gasteiger partial charge is 0.309 e. The second-order valence-electron chi connectivity index (χ2n) is 4.72. The van der Waals surface area contributed by atoms with Gasteiger partial charge in [0, 0.05) is 36.0 Å². The van der Waals surface area contributed by atoms with E-state index >= 15 is 0 Å². The smallest absolute Gasteiger partial charge is 0.133 e. The summed E-state index contributed by atoms with van der Waals surface area (Å²) < 4.78 is 26.5. The zero-order chi connectivity index (χ0) is 12.5. The molecule has 1 atom stereocenters. The molecule has 0 aliphatic carbocycles. The quantitative estimate of drug-likeness (QED) is 0.855. The number of hydrogen-bond acceptors (Lipinski definition) is 2. The third kappa shape index (κ3) is 2.08. The minimum atomic E-state index is -0.548. The lowest BCUT2D eigenvalue weighted by molar-refractivity contribution is 0.581. The highest BCUT2D eigenvalue weighted by Gasteiger charge is 2.24. The lowest BCUT2D eigenvalue weighted by Gasteiger charge is -2.11. The Balaban J connectivity index is 1.76. The maximum absolute atomic E-state index is 13.7. The third-order valence-electron chi connectivity index (χ3n) is 3.50. The summed E-state index contributed by atoms with van der Waals surface area (Å²) in [4.78, 5) is 4.37. The highest BCUT2D eigenvalue weighted by atomic mass is 19.1. The van der Waals surface area contributed by atoms with E-state index in [1.165, 1.54) is 12.1 Å². The average Bonchev–Trinajstić information content (AvgIpc) is 2.99. The molecule has 1 aromatic carbocycles. The molecule has 1 fully saturated rings. The Kier molecular flexibility index (Phi) is 2.96. The van der Waals surface area contributed by atoms with Crippen LogP contribution in [0.1, 0.15) is 24.8 Å². The lowest BCUT2D eigenvalue weighted by Crippen LogP contribution is -2.29. The van der Waals surface area contributed by atoms with Gasteiger partial charge in [-0.3, -0.25) is 4.99 Å². The van der Waals surface area contributed by atoms with Crippen molar-refractivity contribution < 1.29 is 8.78 Å². The summed E-state index contributed by atoms with van der Waals surface area (Å²) in [6.45, 7) is 1.02. The van der Waals surface area contributed by atoms with E-state index in [0.717, 1.165) is 36.7 Å². The maximum Gasteiger partial charge on any atom is 0.133 e. The molecule has 0 unspecified atom stereocenters. The van der Waals surface area contributed by atoms with E-state index in [-0.39, 0.29) is 0 Å². The standard InChI is InChI=1S/C14H14F2N2/c15-10-3-4-11(12(16)7-10)9-6-14(18-8-9)13-2-1-5-17-13/h3-4,7-8,13,17H,1-2,5-6H2/t13-/m0/s1. The van der Waals surface area contributed by atoms with Crippen molar-refractivity contribution in [1.82, 2.24) is 5.32 Å². The molecule has 2 aliphatic heterocycles. The first-order valence-electron chi connectivity index (χ1n) is 6.18. The van der Waals surface area contributed by atoms with Crippen LogP contribution >= 0.6 is 0 Å². The summed E-state index contributed by atoms with van der Waals surface area (Å²) in [5.41, 5.74) is 2.34. The van der Waals surface area contributed by atoms with Crippen LogP contribution < -0.4 is 5.32 Å². The molecule has 0 amide bonds. The van der Waals surface area contributed by atoms with Crippen molar-refractivity contribution in [2.24, 2.45) is 4.99 Å². The van der Waals surface area contributed by atoms with E-state index in [4.69, 9.17) is 0 Å². The molecule has 3 rings (SSSR count). The van der Waals surface area contributed by atoms with Crippen LogP contribution in [-0.2, 0) is 0 Å². The van der Waals surface area contributed by atoms with Crippen LogP contribution in [0.2, 0.25) is 0 Å². The van der Waals surface area contributed by atoms with E-state index in [1.807, 2.05) is 0 Å². The van der Waals surface area contributed by atoms with E-state index in [2.05, 4.69) is 10.3 Å². The van der Waals surface area contributed by atoms with Crippen LogP contribution in [0.5, 0.6) is 0 Å². The summed E-state index contributed by atoms with van der Waals surface area (Å²) in [6, 6.07) is 4.01. The number of allylic oxidation sites excluding steroid dienone is 1. The molecule has 1 saturated heterocycles. The average molecular weight is 248 g/mol. The number of hydrogen-bond donors (Lipinski definition) is 1. The van der Waals surface area contributed by atoms with Gasteiger partial charge in [0.2, 0.25) is 0 Å². The SMILES string of the molecule is Fc1ccc(C2=CN=C([C@@H]3CCCN3)C2)c(F)c1. The molecule has 2 nitrogen and oxygen atoms in total. The van der Waals surface area contributed by atoms with Gasteiger partial charge in [-0.2, -0.15) is 0 Å². The first kappa shape index (κ1) is 11.5. The Bertz CT molecular complexity index is 529. The van der Waals surface area contributed by atoms with Gasteiger partial charge in [0.25, 0.3) is 0 Å². The molecule has 94 valence electrons. The summed E-state index contributed by atoms with van der Waals surface area (Å²) in [5, 5.41) is 3.38. The van der Waals surface area contributed by atoms with Crippen molar-refractivity contribution in [3.63, 3.8) is 0 Å². The van der Waals surface area contributed by atoms with Gasteiger partial charge in [-0.25, -0.2) is 8.78 Å². The minimum Gasteiger partial charge on any atom is -0.309 e. The van der Waals surface area contributed by atoms with Crippen LogP contribution in [0.25, 0.3) is 5.57 Å². The van der Waals surface area contributed by atoms with Crippen molar-refractivity contribution in [3.05, 3.63) is 41.6 Å². The second kappa shape index (κ2) is 4.61.